The molecule has 0 aliphatic heterocycles. The predicted octanol–water partition coefficient (Wildman–Crippen LogP) is 4.50. The van der Waals surface area contributed by atoms with Gasteiger partial charge in [-0.3, -0.25) is 0 Å². The van der Waals surface area contributed by atoms with Crippen molar-refractivity contribution in [2.45, 2.75) is 62.7 Å². The zero-order valence-electron chi connectivity index (χ0n) is 13.3. The fourth-order valence-electron chi connectivity index (χ4n) is 2.60. The van der Waals surface area contributed by atoms with Gasteiger partial charge in [-0.1, -0.05) is 0 Å². The first-order valence-electron chi connectivity index (χ1n) is 7.56. The van der Waals surface area contributed by atoms with Gasteiger partial charge in [0, 0.05) is 0 Å². The molecule has 0 radical (unpaired) electrons. The molecule has 0 rings (SSSR count). The van der Waals surface area contributed by atoms with Crippen LogP contribution in [0.4, 0.5) is 0 Å². The summed E-state index contributed by atoms with van der Waals surface area (Å²) in [5.74, 6) is 0. The van der Waals surface area contributed by atoms with E-state index in [9.17, 15) is 0 Å². The fraction of sp³-hybridized carbons (Fsp3) is 0.800. The van der Waals surface area contributed by atoms with E-state index in [1.807, 2.05) is 0 Å². The predicted molar refractivity (Wildman–Crippen MR) is 85.7 cm³/mol. The molecule has 0 saturated heterocycles. The summed E-state index contributed by atoms with van der Waals surface area (Å²) >= 11 is -1.53. The van der Waals surface area contributed by atoms with Gasteiger partial charge in [-0.05, 0) is 0 Å². The summed E-state index contributed by atoms with van der Waals surface area (Å²) in [5, 5.41) is 0. The average molecular weight is 354 g/mol. The van der Waals surface area contributed by atoms with Crippen molar-refractivity contribution in [1.82, 2.24) is 2.89 Å². The molecule has 0 amide bonds. The molecule has 18 heavy (non-hydrogen) atoms. The van der Waals surface area contributed by atoms with Gasteiger partial charge in [0.2, 0.25) is 0 Å². The molecule has 3 heteroatoms. The van der Waals surface area contributed by atoms with Crippen LogP contribution < -0.4 is 0 Å². The quantitative estimate of drug-likeness (QED) is 0.557. The number of allylic oxidation sites excluding steroid dienone is 2. The normalized spacial score (nSPS) is 12.8. The number of hydrogen-bond donors (Lipinski definition) is 0. The standard InChI is InChI=1S/C9H17N2.2C3H7.In/c1-5-10-8(3)7-9(4)11-6-2;2*1-3-2;/h7H,5-6H2,1-4H3;2*1,3H2,2H3;/q-1;;;+1/b8-7-,11-9?;;;. The molecule has 0 N–H and O–H groups in total. The Morgan fingerprint density at radius 1 is 1.06 bits per heavy atom. The van der Waals surface area contributed by atoms with Gasteiger partial charge in [-0.15, -0.1) is 0 Å². The SMILES string of the molecule is CC[CH2][In]([CH2]CC)[N](CC)/C(C)=C\C(C)=NCC. The molecule has 0 aliphatic rings. The summed E-state index contributed by atoms with van der Waals surface area (Å²) in [7, 11) is 0. The van der Waals surface area contributed by atoms with Gasteiger partial charge in [0.05, 0.1) is 0 Å². The van der Waals surface area contributed by atoms with E-state index >= 15 is 0 Å². The minimum atomic E-state index is -1.53. The molecule has 0 aliphatic carbocycles. The van der Waals surface area contributed by atoms with Gasteiger partial charge < -0.3 is 0 Å². The van der Waals surface area contributed by atoms with Gasteiger partial charge in [0.1, 0.15) is 0 Å². The van der Waals surface area contributed by atoms with Crippen LogP contribution in [0.1, 0.15) is 54.4 Å². The van der Waals surface area contributed by atoms with E-state index < -0.39 is 21.7 Å². The van der Waals surface area contributed by atoms with Crippen LogP contribution in [0.3, 0.4) is 0 Å². The molecule has 0 aromatic heterocycles. The van der Waals surface area contributed by atoms with Crippen molar-refractivity contribution in [3.8, 4) is 0 Å². The summed E-state index contributed by atoms with van der Waals surface area (Å²) in [5.41, 5.74) is 2.63. The van der Waals surface area contributed by atoms with Crippen LogP contribution in [0.5, 0.6) is 0 Å². The van der Waals surface area contributed by atoms with E-state index in [0.717, 1.165) is 6.54 Å². The Morgan fingerprint density at radius 3 is 2.00 bits per heavy atom. The monoisotopic (exact) mass is 354 g/mol. The third kappa shape index (κ3) is 6.86. The van der Waals surface area contributed by atoms with Crippen molar-refractivity contribution in [3.05, 3.63) is 11.8 Å². The summed E-state index contributed by atoms with van der Waals surface area (Å²) in [6.07, 6.45) is 4.99. The van der Waals surface area contributed by atoms with E-state index in [1.165, 1.54) is 39.1 Å². The first-order chi connectivity index (χ1) is 8.60. The van der Waals surface area contributed by atoms with Crippen LogP contribution in [0.25, 0.3) is 0 Å². The third-order valence-corrected chi connectivity index (χ3v) is 15.1. The summed E-state index contributed by atoms with van der Waals surface area (Å²) in [6.45, 7) is 15.5. The maximum atomic E-state index is 4.47. The minimum absolute atomic E-state index is 0.887. The Labute approximate surface area is 122 Å². The molecule has 0 bridgehead atoms. The Balaban J connectivity index is 4.85. The van der Waals surface area contributed by atoms with E-state index in [2.05, 4.69) is 55.5 Å². The molecule has 0 heterocycles. The molecule has 0 saturated carbocycles. The average Bonchev–Trinajstić information content (AvgIpc) is 2.30. The molecular formula is C15H31InN2. The van der Waals surface area contributed by atoms with Crippen molar-refractivity contribution >= 4 is 27.4 Å². The maximum absolute atomic E-state index is 4.47. The van der Waals surface area contributed by atoms with E-state index in [4.69, 9.17) is 0 Å². The van der Waals surface area contributed by atoms with Crippen LogP contribution in [-0.2, 0) is 0 Å². The molecule has 0 atom stereocenters. The number of hydrogen-bond acceptors (Lipinski definition) is 2. The van der Waals surface area contributed by atoms with Gasteiger partial charge in [-0.25, -0.2) is 0 Å². The van der Waals surface area contributed by atoms with Gasteiger partial charge in [-0.2, -0.15) is 0 Å². The number of aliphatic imine (C=N–C) groups is 1. The zero-order valence-corrected chi connectivity index (χ0v) is 16.6. The molecule has 0 aromatic carbocycles. The van der Waals surface area contributed by atoms with Crippen LogP contribution in [-0.4, -0.2) is 43.4 Å². The van der Waals surface area contributed by atoms with Crippen molar-refractivity contribution in [3.63, 3.8) is 0 Å². The fourth-order valence-corrected chi connectivity index (χ4v) is 12.3. The van der Waals surface area contributed by atoms with E-state index in [1.54, 1.807) is 0 Å². The number of nitrogens with zero attached hydrogens (tertiary/aromatic N) is 2. The second kappa shape index (κ2) is 11.0. The van der Waals surface area contributed by atoms with E-state index in [0.29, 0.717) is 0 Å². The van der Waals surface area contributed by atoms with Gasteiger partial charge in [0.15, 0.2) is 0 Å². The van der Waals surface area contributed by atoms with Crippen LogP contribution in [0.2, 0.25) is 8.35 Å². The third-order valence-electron chi connectivity index (χ3n) is 3.30. The van der Waals surface area contributed by atoms with Gasteiger partial charge >= 0.3 is 123 Å². The molecule has 0 spiro atoms. The first-order valence-corrected chi connectivity index (χ1v) is 13.7. The Bertz CT molecular complexity index is 266. The van der Waals surface area contributed by atoms with Crippen LogP contribution in [0, 0.1) is 0 Å². The van der Waals surface area contributed by atoms with Crippen LogP contribution >= 0.6 is 0 Å². The summed E-state index contributed by atoms with van der Waals surface area (Å²) < 4.78 is 5.75. The Kier molecular flexibility index (Phi) is 11.0. The summed E-state index contributed by atoms with van der Waals surface area (Å²) in [4.78, 5) is 4.47. The van der Waals surface area contributed by atoms with Crippen LogP contribution in [0.15, 0.2) is 16.8 Å². The zero-order chi connectivity index (χ0) is 14.0. The topological polar surface area (TPSA) is 15.6 Å². The van der Waals surface area contributed by atoms with Crippen molar-refractivity contribution in [2.24, 2.45) is 4.99 Å². The summed E-state index contributed by atoms with van der Waals surface area (Å²) in [6, 6.07) is 0. The van der Waals surface area contributed by atoms with Crippen molar-refractivity contribution < 1.29 is 0 Å². The second-order valence-electron chi connectivity index (χ2n) is 4.92. The van der Waals surface area contributed by atoms with Crippen molar-refractivity contribution in [2.75, 3.05) is 13.1 Å². The van der Waals surface area contributed by atoms with Gasteiger partial charge in [0.25, 0.3) is 0 Å². The Morgan fingerprint density at radius 2 is 1.61 bits per heavy atom. The van der Waals surface area contributed by atoms with Crippen molar-refractivity contribution in [1.29, 1.82) is 0 Å². The molecule has 0 aromatic rings. The Hall–Kier alpha value is 0.0801. The molecule has 104 valence electrons. The number of rotatable bonds is 9. The molecule has 0 unspecified atom stereocenters. The molecule has 2 nitrogen and oxygen atoms in total. The van der Waals surface area contributed by atoms with E-state index in [-0.39, 0.29) is 0 Å². The molecule has 0 fully saturated rings. The second-order valence-corrected chi connectivity index (χ2v) is 13.7. The molecular weight excluding hydrogens is 323 g/mol. The first kappa shape index (κ1) is 18.1.